The second kappa shape index (κ2) is 2.88. The van der Waals surface area contributed by atoms with Gasteiger partial charge in [0.2, 0.25) is 0 Å². The van der Waals surface area contributed by atoms with E-state index in [0.717, 1.165) is 35.1 Å². The van der Waals surface area contributed by atoms with Crippen molar-refractivity contribution in [3.63, 3.8) is 0 Å². The molecule has 0 bridgehead atoms. The third-order valence-electron chi connectivity index (χ3n) is 3.17. The molecule has 0 unspecified atom stereocenters. The molecule has 0 radical (unpaired) electrons. The number of hydrogen-bond donors (Lipinski definition) is 0. The number of halogens is 1. The molecular weight excluding hydrogens is 172 g/mol. The van der Waals surface area contributed by atoms with Crippen LogP contribution >= 0.6 is 11.6 Å². The molecule has 2 heteroatoms. The minimum atomic E-state index is 0.537. The van der Waals surface area contributed by atoms with Crippen molar-refractivity contribution < 1.29 is 4.79 Å². The average Bonchev–Trinajstić information content (AvgIpc) is 2.61. The lowest BCUT2D eigenvalue weighted by atomic mass is 10.1. The molecule has 0 N–H and O–H groups in total. The number of fused-ring (bicyclic) bond motifs is 1. The van der Waals surface area contributed by atoms with E-state index in [-0.39, 0.29) is 0 Å². The van der Waals surface area contributed by atoms with Gasteiger partial charge in [0, 0.05) is 10.6 Å². The van der Waals surface area contributed by atoms with Crippen LogP contribution in [0.15, 0.2) is 10.6 Å². The Morgan fingerprint density at radius 2 is 2.42 bits per heavy atom. The summed E-state index contributed by atoms with van der Waals surface area (Å²) < 4.78 is 0. The Bertz CT molecular complexity index is 244. The van der Waals surface area contributed by atoms with Crippen molar-refractivity contribution in [2.75, 3.05) is 0 Å². The number of carbonyl (C=O) groups is 1. The topological polar surface area (TPSA) is 17.1 Å². The molecule has 0 aliphatic heterocycles. The maximum absolute atomic E-state index is 10.7. The normalized spacial score (nSPS) is 38.3. The standard InChI is InChI=1S/C10H13ClO/c1-2-3-6-7-4-9(11)8(5-12)10(6)7/h5-7,10H,2-4H2,1H3/t6-,7+,10-/m0/s1. The van der Waals surface area contributed by atoms with Gasteiger partial charge in [-0.25, -0.2) is 0 Å². The van der Waals surface area contributed by atoms with Crippen LogP contribution in [0.3, 0.4) is 0 Å². The van der Waals surface area contributed by atoms with Crippen molar-refractivity contribution in [2.24, 2.45) is 17.8 Å². The van der Waals surface area contributed by atoms with Gasteiger partial charge in [-0.05, 0) is 30.6 Å². The Balaban J connectivity index is 2.06. The molecule has 3 atom stereocenters. The highest BCUT2D eigenvalue weighted by Gasteiger charge is 2.55. The summed E-state index contributed by atoms with van der Waals surface area (Å²) in [5, 5.41) is 0.826. The number of hydrogen-bond acceptors (Lipinski definition) is 1. The monoisotopic (exact) mass is 184 g/mol. The Morgan fingerprint density at radius 3 is 3.00 bits per heavy atom. The highest BCUT2D eigenvalue weighted by Crippen LogP contribution is 2.61. The Hall–Kier alpha value is -0.300. The lowest BCUT2D eigenvalue weighted by molar-refractivity contribution is -0.105. The Kier molecular flexibility index (Phi) is 1.99. The molecule has 1 fully saturated rings. The van der Waals surface area contributed by atoms with Gasteiger partial charge in [-0.15, -0.1) is 0 Å². The van der Waals surface area contributed by atoms with Crippen LogP contribution in [0.25, 0.3) is 0 Å². The number of carbonyl (C=O) groups excluding carboxylic acids is 1. The fourth-order valence-electron chi connectivity index (χ4n) is 2.56. The maximum Gasteiger partial charge on any atom is 0.147 e. The number of rotatable bonds is 3. The molecule has 0 saturated heterocycles. The van der Waals surface area contributed by atoms with Crippen molar-refractivity contribution in [3.05, 3.63) is 10.6 Å². The lowest BCUT2D eigenvalue weighted by Crippen LogP contribution is -1.92. The van der Waals surface area contributed by atoms with E-state index in [1.165, 1.54) is 12.8 Å². The first kappa shape index (κ1) is 8.31. The average molecular weight is 185 g/mol. The van der Waals surface area contributed by atoms with Crippen molar-refractivity contribution in [3.8, 4) is 0 Å². The fourth-order valence-corrected chi connectivity index (χ4v) is 2.91. The second-order valence-corrected chi connectivity index (χ2v) is 4.28. The second-order valence-electron chi connectivity index (χ2n) is 3.82. The molecule has 0 amide bonds. The zero-order valence-electron chi connectivity index (χ0n) is 7.22. The van der Waals surface area contributed by atoms with E-state index in [1.807, 2.05) is 0 Å². The molecule has 66 valence electrons. The molecule has 0 spiro atoms. The van der Waals surface area contributed by atoms with E-state index in [1.54, 1.807) is 0 Å². The summed E-state index contributed by atoms with van der Waals surface area (Å²) in [5.74, 6) is 2.03. The van der Waals surface area contributed by atoms with Gasteiger partial charge in [-0.1, -0.05) is 24.9 Å². The van der Waals surface area contributed by atoms with Crippen LogP contribution in [0.1, 0.15) is 26.2 Å². The van der Waals surface area contributed by atoms with Crippen LogP contribution in [0.5, 0.6) is 0 Å². The van der Waals surface area contributed by atoms with Crippen LogP contribution < -0.4 is 0 Å². The third-order valence-corrected chi connectivity index (χ3v) is 3.54. The van der Waals surface area contributed by atoms with Gasteiger partial charge in [0.15, 0.2) is 0 Å². The molecule has 2 aliphatic carbocycles. The smallest absolute Gasteiger partial charge is 0.147 e. The van der Waals surface area contributed by atoms with Gasteiger partial charge in [0.05, 0.1) is 0 Å². The van der Waals surface area contributed by atoms with E-state index in [0.29, 0.717) is 5.92 Å². The van der Waals surface area contributed by atoms with Crippen LogP contribution in [0, 0.1) is 17.8 Å². The number of aldehydes is 1. The summed E-state index contributed by atoms with van der Waals surface area (Å²) in [7, 11) is 0. The van der Waals surface area contributed by atoms with Gasteiger partial charge < -0.3 is 0 Å². The van der Waals surface area contributed by atoms with Crippen molar-refractivity contribution >= 4 is 17.9 Å². The Labute approximate surface area is 77.8 Å². The molecule has 2 rings (SSSR count). The van der Waals surface area contributed by atoms with Gasteiger partial charge in [-0.2, -0.15) is 0 Å². The SMILES string of the molecule is CCC[C@H]1[C@H]2CC(Cl)=C(C=O)[C@H]21. The molecule has 0 aromatic rings. The fraction of sp³-hybridized carbons (Fsp3) is 0.700. The molecule has 0 aromatic heterocycles. The van der Waals surface area contributed by atoms with E-state index >= 15 is 0 Å². The molecule has 12 heavy (non-hydrogen) atoms. The lowest BCUT2D eigenvalue weighted by Gasteiger charge is -2.01. The summed E-state index contributed by atoms with van der Waals surface area (Å²) in [4.78, 5) is 10.7. The van der Waals surface area contributed by atoms with Crippen molar-refractivity contribution in [1.82, 2.24) is 0 Å². The number of allylic oxidation sites excluding steroid dienone is 2. The van der Waals surface area contributed by atoms with E-state index in [9.17, 15) is 4.79 Å². The zero-order valence-corrected chi connectivity index (χ0v) is 7.97. The summed E-state index contributed by atoms with van der Waals surface area (Å²) in [5.41, 5.74) is 0.903. The van der Waals surface area contributed by atoms with Crippen molar-refractivity contribution in [2.45, 2.75) is 26.2 Å². The molecule has 0 heterocycles. The third kappa shape index (κ3) is 1.03. The molecular formula is C10H13ClO. The molecule has 1 nitrogen and oxygen atoms in total. The van der Waals surface area contributed by atoms with Gasteiger partial charge in [0.25, 0.3) is 0 Å². The first-order chi connectivity index (χ1) is 5.79. The van der Waals surface area contributed by atoms with Gasteiger partial charge in [0.1, 0.15) is 6.29 Å². The maximum atomic E-state index is 10.7. The summed E-state index contributed by atoms with van der Waals surface area (Å²) in [6.07, 6.45) is 4.41. The predicted octanol–water partition coefficient (Wildman–Crippen LogP) is 2.74. The first-order valence-electron chi connectivity index (χ1n) is 4.63. The van der Waals surface area contributed by atoms with Crippen molar-refractivity contribution in [1.29, 1.82) is 0 Å². The minimum absolute atomic E-state index is 0.537. The highest BCUT2D eigenvalue weighted by molar-refractivity contribution is 6.31. The van der Waals surface area contributed by atoms with Crippen LogP contribution in [-0.4, -0.2) is 6.29 Å². The largest absolute Gasteiger partial charge is 0.298 e. The van der Waals surface area contributed by atoms with E-state index < -0.39 is 0 Å². The molecule has 0 aromatic carbocycles. The summed E-state index contributed by atoms with van der Waals surface area (Å²) in [6.45, 7) is 2.19. The van der Waals surface area contributed by atoms with Crippen LogP contribution in [0.4, 0.5) is 0 Å². The quantitative estimate of drug-likeness (QED) is 0.617. The molecule has 1 saturated carbocycles. The predicted molar refractivity (Wildman–Crippen MR) is 48.9 cm³/mol. The summed E-state index contributed by atoms with van der Waals surface area (Å²) in [6, 6.07) is 0. The van der Waals surface area contributed by atoms with Gasteiger partial charge in [-0.3, -0.25) is 4.79 Å². The van der Waals surface area contributed by atoms with Crippen LogP contribution in [0.2, 0.25) is 0 Å². The van der Waals surface area contributed by atoms with E-state index in [2.05, 4.69) is 6.92 Å². The Morgan fingerprint density at radius 1 is 1.67 bits per heavy atom. The van der Waals surface area contributed by atoms with Crippen LogP contribution in [-0.2, 0) is 4.79 Å². The highest BCUT2D eigenvalue weighted by atomic mass is 35.5. The van der Waals surface area contributed by atoms with Gasteiger partial charge >= 0.3 is 0 Å². The zero-order chi connectivity index (χ0) is 8.72. The van der Waals surface area contributed by atoms with E-state index in [4.69, 9.17) is 11.6 Å². The molecule has 2 aliphatic rings. The first-order valence-corrected chi connectivity index (χ1v) is 5.01. The minimum Gasteiger partial charge on any atom is -0.298 e. The summed E-state index contributed by atoms with van der Waals surface area (Å²) >= 11 is 5.92.